The molecular formula is C10H21NS. The Morgan fingerprint density at radius 1 is 1.42 bits per heavy atom. The molecule has 0 N–H and O–H groups in total. The molecule has 0 aromatic rings. The van der Waals surface area contributed by atoms with Crippen LogP contribution >= 0.6 is 10.5 Å². The van der Waals surface area contributed by atoms with E-state index >= 15 is 0 Å². The van der Waals surface area contributed by atoms with Gasteiger partial charge in [-0.25, -0.2) is 0 Å². The molecule has 0 amide bonds. The molecule has 1 fully saturated rings. The van der Waals surface area contributed by atoms with Gasteiger partial charge in [-0.2, -0.15) is 10.5 Å². The van der Waals surface area contributed by atoms with E-state index in [1.165, 1.54) is 18.1 Å². The fourth-order valence-electron chi connectivity index (χ4n) is 2.14. The van der Waals surface area contributed by atoms with Gasteiger partial charge in [0.15, 0.2) is 0 Å². The smallest absolute Gasteiger partial charge is 0.0241 e. The van der Waals surface area contributed by atoms with Crippen molar-refractivity contribution in [2.75, 3.05) is 18.1 Å². The zero-order valence-corrected chi connectivity index (χ0v) is 9.58. The first-order valence-electron chi connectivity index (χ1n) is 4.67. The van der Waals surface area contributed by atoms with E-state index in [2.05, 4.69) is 38.5 Å². The van der Waals surface area contributed by atoms with Crippen molar-refractivity contribution in [3.63, 3.8) is 0 Å². The topological polar surface area (TPSA) is 3.24 Å². The molecule has 0 saturated carbocycles. The van der Waals surface area contributed by atoms with E-state index in [4.69, 9.17) is 0 Å². The van der Waals surface area contributed by atoms with Gasteiger partial charge >= 0.3 is 0 Å². The standard InChI is InChI=1S/C10H21NS/c1-9(2)11-6-7-12(5)8-10(11,3)4/h9H,5-8H2,1-4H3. The third-order valence-electron chi connectivity index (χ3n) is 2.58. The van der Waals surface area contributed by atoms with Gasteiger partial charge in [0.2, 0.25) is 0 Å². The second-order valence-electron chi connectivity index (χ2n) is 4.56. The molecule has 0 radical (unpaired) electrons. The van der Waals surface area contributed by atoms with Gasteiger partial charge in [0.05, 0.1) is 0 Å². The van der Waals surface area contributed by atoms with Gasteiger partial charge < -0.3 is 0 Å². The zero-order chi connectivity index (χ0) is 9.35. The first kappa shape index (κ1) is 10.3. The molecule has 72 valence electrons. The Labute approximate surface area is 79.1 Å². The summed E-state index contributed by atoms with van der Waals surface area (Å²) in [5.74, 6) is 6.75. The fourth-order valence-corrected chi connectivity index (χ4v) is 3.91. The SMILES string of the molecule is C=S1CCN(C(C)C)C(C)(C)C1. The maximum Gasteiger partial charge on any atom is 0.0241 e. The summed E-state index contributed by atoms with van der Waals surface area (Å²) in [6.45, 7) is 10.5. The monoisotopic (exact) mass is 187 g/mol. The summed E-state index contributed by atoms with van der Waals surface area (Å²) in [5, 5.41) is 0. The molecule has 1 atom stereocenters. The van der Waals surface area contributed by atoms with Crippen LogP contribution in [0.25, 0.3) is 0 Å². The molecule has 1 aliphatic rings. The van der Waals surface area contributed by atoms with Gasteiger partial charge in [-0.1, -0.05) is 5.87 Å². The molecule has 0 aromatic heterocycles. The van der Waals surface area contributed by atoms with E-state index in [-0.39, 0.29) is 0 Å². The van der Waals surface area contributed by atoms with Crippen LogP contribution in [0.3, 0.4) is 0 Å². The van der Waals surface area contributed by atoms with E-state index in [9.17, 15) is 0 Å². The summed E-state index contributed by atoms with van der Waals surface area (Å²) in [4.78, 5) is 2.60. The van der Waals surface area contributed by atoms with Gasteiger partial charge in [-0.15, -0.1) is 0 Å². The molecule has 1 nitrogen and oxygen atoms in total. The largest absolute Gasteiger partial charge is 0.294 e. The van der Waals surface area contributed by atoms with Crippen molar-refractivity contribution in [1.82, 2.24) is 4.90 Å². The van der Waals surface area contributed by atoms with Crippen molar-refractivity contribution < 1.29 is 0 Å². The Bertz CT molecular complexity index is 184. The molecule has 1 aliphatic heterocycles. The van der Waals surface area contributed by atoms with Crippen LogP contribution in [-0.2, 0) is 0 Å². The molecule has 0 aliphatic carbocycles. The fraction of sp³-hybridized carbons (Fsp3) is 0.900. The molecular weight excluding hydrogens is 166 g/mol. The number of hydrogen-bond donors (Lipinski definition) is 0. The Morgan fingerprint density at radius 3 is 2.42 bits per heavy atom. The maximum atomic E-state index is 4.19. The Morgan fingerprint density at radius 2 is 2.00 bits per heavy atom. The zero-order valence-electron chi connectivity index (χ0n) is 8.76. The Hall–Kier alpha value is 0.180. The predicted octanol–water partition coefficient (Wildman–Crippen LogP) is 2.19. The van der Waals surface area contributed by atoms with Gasteiger partial charge in [-0.3, -0.25) is 4.90 Å². The molecule has 1 rings (SSSR count). The molecule has 12 heavy (non-hydrogen) atoms. The van der Waals surface area contributed by atoms with Crippen molar-refractivity contribution in [1.29, 1.82) is 0 Å². The van der Waals surface area contributed by atoms with E-state index in [1.54, 1.807) is 0 Å². The minimum atomic E-state index is 0.372. The summed E-state index contributed by atoms with van der Waals surface area (Å²) in [7, 11) is 0.411. The van der Waals surface area contributed by atoms with E-state index in [1.807, 2.05) is 0 Å². The van der Waals surface area contributed by atoms with Crippen LogP contribution in [0.5, 0.6) is 0 Å². The summed E-state index contributed by atoms with van der Waals surface area (Å²) in [5.41, 5.74) is 0.372. The maximum absolute atomic E-state index is 4.19. The highest BCUT2D eigenvalue weighted by atomic mass is 32.2. The Kier molecular flexibility index (Phi) is 3.00. The minimum absolute atomic E-state index is 0.372. The van der Waals surface area contributed by atoms with Crippen molar-refractivity contribution in [2.24, 2.45) is 0 Å². The highest BCUT2D eigenvalue weighted by molar-refractivity contribution is 8.14. The van der Waals surface area contributed by atoms with Gasteiger partial charge in [0.1, 0.15) is 0 Å². The highest BCUT2D eigenvalue weighted by Crippen LogP contribution is 2.30. The second kappa shape index (κ2) is 3.51. The van der Waals surface area contributed by atoms with Crippen LogP contribution in [0.15, 0.2) is 0 Å². The van der Waals surface area contributed by atoms with Crippen LogP contribution in [0, 0.1) is 0 Å². The van der Waals surface area contributed by atoms with E-state index < -0.39 is 0 Å². The molecule has 1 saturated heterocycles. The summed E-state index contributed by atoms with van der Waals surface area (Å²) < 4.78 is 0. The molecule has 0 spiro atoms. The number of hydrogen-bond acceptors (Lipinski definition) is 1. The molecule has 1 heterocycles. The van der Waals surface area contributed by atoms with E-state index in [0.29, 0.717) is 22.1 Å². The van der Waals surface area contributed by atoms with Gasteiger partial charge in [-0.05, 0) is 27.7 Å². The average molecular weight is 187 g/mol. The van der Waals surface area contributed by atoms with Crippen molar-refractivity contribution >= 4 is 16.4 Å². The van der Waals surface area contributed by atoms with Crippen LogP contribution < -0.4 is 0 Å². The summed E-state index contributed by atoms with van der Waals surface area (Å²) >= 11 is 0. The number of rotatable bonds is 1. The van der Waals surface area contributed by atoms with E-state index in [0.717, 1.165) is 0 Å². The Balaban J connectivity index is 2.70. The summed E-state index contributed by atoms with van der Waals surface area (Å²) in [6.07, 6.45) is 0. The normalized spacial score (nSPS) is 30.9. The molecule has 1 unspecified atom stereocenters. The van der Waals surface area contributed by atoms with Crippen LogP contribution in [0.2, 0.25) is 0 Å². The first-order chi connectivity index (χ1) is 5.43. The molecule has 2 heteroatoms. The molecule has 0 aromatic carbocycles. The lowest BCUT2D eigenvalue weighted by molar-refractivity contribution is 0.106. The van der Waals surface area contributed by atoms with Crippen LogP contribution in [-0.4, -0.2) is 40.4 Å². The third kappa shape index (κ3) is 2.11. The average Bonchev–Trinajstić information content (AvgIpc) is 1.82. The second-order valence-corrected chi connectivity index (χ2v) is 6.48. The van der Waals surface area contributed by atoms with Crippen molar-refractivity contribution in [3.8, 4) is 0 Å². The third-order valence-corrected chi connectivity index (χ3v) is 4.45. The predicted molar refractivity (Wildman–Crippen MR) is 60.4 cm³/mol. The van der Waals surface area contributed by atoms with Crippen molar-refractivity contribution in [2.45, 2.75) is 39.3 Å². The quantitative estimate of drug-likeness (QED) is 0.569. The van der Waals surface area contributed by atoms with Gasteiger partial charge in [0.25, 0.3) is 0 Å². The first-order valence-corrected chi connectivity index (χ1v) is 6.40. The molecule has 0 bridgehead atoms. The lowest BCUT2D eigenvalue weighted by Crippen LogP contribution is -2.53. The highest BCUT2D eigenvalue weighted by Gasteiger charge is 2.32. The number of nitrogens with zero attached hydrogens (tertiary/aromatic N) is 1. The van der Waals surface area contributed by atoms with Crippen LogP contribution in [0.1, 0.15) is 27.7 Å². The van der Waals surface area contributed by atoms with Crippen LogP contribution in [0.4, 0.5) is 0 Å². The summed E-state index contributed by atoms with van der Waals surface area (Å²) in [6, 6.07) is 0.678. The minimum Gasteiger partial charge on any atom is -0.294 e. The van der Waals surface area contributed by atoms with Crippen molar-refractivity contribution in [3.05, 3.63) is 0 Å². The van der Waals surface area contributed by atoms with Gasteiger partial charge in [0, 0.05) is 29.6 Å². The lowest BCUT2D eigenvalue weighted by atomic mass is 10.0. The lowest BCUT2D eigenvalue weighted by Gasteiger charge is -2.46.